The number of phosphoric acid groups is 1. The van der Waals surface area contributed by atoms with Crippen LogP contribution in [0.25, 0.3) is 0 Å². The Morgan fingerprint density at radius 2 is 1.24 bits per heavy atom. The van der Waals surface area contributed by atoms with Gasteiger partial charge in [-0.15, -0.1) is 11.6 Å². The van der Waals surface area contributed by atoms with Crippen LogP contribution in [0.2, 0.25) is 0 Å². The van der Waals surface area contributed by atoms with Gasteiger partial charge >= 0.3 is 7.82 Å². The summed E-state index contributed by atoms with van der Waals surface area (Å²) in [6, 6.07) is 0. The highest BCUT2D eigenvalue weighted by Gasteiger charge is 2.29. The number of nitrogens with zero attached hydrogens (tertiary/aromatic N) is 1. The molecule has 0 saturated heterocycles. The number of phosphoric ester groups is 1. The Morgan fingerprint density at radius 3 is 1.62 bits per heavy atom. The Hall–Kier alpha value is 0.360. The van der Waals surface area contributed by atoms with Gasteiger partial charge in [0.05, 0.1) is 33.6 Å². The molecule has 176 valence electrons. The monoisotopic (exact) mass is 456 g/mol. The van der Waals surface area contributed by atoms with E-state index in [-0.39, 0.29) is 12.5 Å². The molecule has 0 aliphatic heterocycles. The van der Waals surface area contributed by atoms with E-state index in [2.05, 4.69) is 6.92 Å². The smallest absolute Gasteiger partial charge is 0.329 e. The fraction of sp³-hybridized carbons (Fsp3) is 1.00. The van der Waals surface area contributed by atoms with E-state index in [1.54, 1.807) is 0 Å². The van der Waals surface area contributed by atoms with Crippen molar-refractivity contribution >= 4 is 19.4 Å². The molecule has 0 aliphatic carbocycles. The molecule has 0 fully saturated rings. The highest BCUT2D eigenvalue weighted by atomic mass is 35.5. The van der Waals surface area contributed by atoms with Gasteiger partial charge in [-0.3, -0.25) is 9.05 Å². The summed E-state index contributed by atoms with van der Waals surface area (Å²) in [5.41, 5.74) is 0. The first-order valence-electron chi connectivity index (χ1n) is 11.7. The predicted molar refractivity (Wildman–Crippen MR) is 125 cm³/mol. The molecule has 0 bridgehead atoms. The summed E-state index contributed by atoms with van der Waals surface area (Å²) in [5.74, 6) is 0.169. The summed E-state index contributed by atoms with van der Waals surface area (Å²) in [4.78, 5) is 9.86. The van der Waals surface area contributed by atoms with Crippen LogP contribution < -0.4 is 0 Å². The molecule has 2 atom stereocenters. The molecule has 0 rings (SSSR count). The molecule has 0 saturated carbocycles. The number of hydrogen-bond acceptors (Lipinski definition) is 3. The molecule has 0 heterocycles. The summed E-state index contributed by atoms with van der Waals surface area (Å²) < 4.78 is 23.0. The highest BCUT2D eigenvalue weighted by molar-refractivity contribution is 7.47. The van der Waals surface area contributed by atoms with Crippen molar-refractivity contribution in [3.05, 3.63) is 0 Å². The van der Waals surface area contributed by atoms with Crippen molar-refractivity contribution in [3.63, 3.8) is 0 Å². The Morgan fingerprint density at radius 1 is 0.828 bits per heavy atom. The molecule has 0 aromatic carbocycles. The maximum atomic E-state index is 12.0. The summed E-state index contributed by atoms with van der Waals surface area (Å²) in [6.07, 6.45) is 17.4. The van der Waals surface area contributed by atoms with Crippen LogP contribution in [0.1, 0.15) is 96.8 Å². The molecule has 7 heteroatoms. The largest absolute Gasteiger partial charge is 0.472 e. The third kappa shape index (κ3) is 21.4. The first-order chi connectivity index (χ1) is 13.7. The molecule has 2 unspecified atom stereocenters. The summed E-state index contributed by atoms with van der Waals surface area (Å²) >= 11 is 5.85. The number of unbranched alkanes of at least 4 members (excludes halogenated alkanes) is 13. The van der Waals surface area contributed by atoms with Crippen LogP contribution in [0.3, 0.4) is 0 Å². The van der Waals surface area contributed by atoms with E-state index in [9.17, 15) is 9.46 Å². The fourth-order valence-corrected chi connectivity index (χ4v) is 4.60. The van der Waals surface area contributed by atoms with Crippen molar-refractivity contribution in [2.45, 2.75) is 103 Å². The topological polar surface area (TPSA) is 55.8 Å². The van der Waals surface area contributed by atoms with E-state index in [4.69, 9.17) is 20.6 Å². The van der Waals surface area contributed by atoms with Gasteiger partial charge in [0.1, 0.15) is 12.6 Å². The lowest BCUT2D eigenvalue weighted by molar-refractivity contribution is -0.872. The summed E-state index contributed by atoms with van der Waals surface area (Å²) in [6.45, 7) is 3.07. The molecule has 0 aliphatic rings. The predicted octanol–water partition coefficient (Wildman–Crippen LogP) is 6.91. The first-order valence-corrected chi connectivity index (χ1v) is 13.8. The zero-order valence-corrected chi connectivity index (χ0v) is 21.2. The molecule has 5 nitrogen and oxygen atoms in total. The van der Waals surface area contributed by atoms with Crippen LogP contribution in [0.5, 0.6) is 0 Å². The van der Waals surface area contributed by atoms with Gasteiger partial charge in [0, 0.05) is 0 Å². The van der Waals surface area contributed by atoms with Crippen molar-refractivity contribution in [2.75, 3.05) is 40.2 Å². The molecule has 0 aromatic rings. The van der Waals surface area contributed by atoms with E-state index in [0.29, 0.717) is 11.0 Å². The van der Waals surface area contributed by atoms with Crippen LogP contribution in [0.4, 0.5) is 0 Å². The minimum atomic E-state index is -4.03. The lowest BCUT2D eigenvalue weighted by atomic mass is 10.0. The van der Waals surface area contributed by atoms with Gasteiger partial charge in [0.25, 0.3) is 0 Å². The van der Waals surface area contributed by atoms with Gasteiger partial charge in [0.15, 0.2) is 0 Å². The molecule has 1 N–H and O–H groups in total. The zero-order valence-electron chi connectivity index (χ0n) is 19.5. The van der Waals surface area contributed by atoms with Crippen molar-refractivity contribution in [1.82, 2.24) is 0 Å². The van der Waals surface area contributed by atoms with Gasteiger partial charge in [-0.05, 0) is 6.42 Å². The van der Waals surface area contributed by atoms with Crippen LogP contribution >= 0.6 is 19.4 Å². The third-order valence-electron chi connectivity index (χ3n) is 4.96. The molecule has 29 heavy (non-hydrogen) atoms. The molecule has 0 aromatic heterocycles. The van der Waals surface area contributed by atoms with Gasteiger partial charge in [-0.2, -0.15) is 0 Å². The average molecular weight is 457 g/mol. The van der Waals surface area contributed by atoms with E-state index >= 15 is 0 Å². The molecular weight excluding hydrogens is 409 g/mol. The third-order valence-corrected chi connectivity index (χ3v) is 6.38. The van der Waals surface area contributed by atoms with Crippen LogP contribution in [-0.2, 0) is 13.6 Å². The minimum absolute atomic E-state index is 0.169. The standard InChI is InChI=1S/C22H47ClNO4P/c1-5-6-7-8-9-10-11-12-13-14-15-16-17-18-19-27-29(25,26)28-22(20-23)21-24(2,3)4/h22H,5-21H2,1-4H3/p+1. The van der Waals surface area contributed by atoms with Crippen molar-refractivity contribution in [1.29, 1.82) is 0 Å². The second kappa shape index (κ2) is 18.0. The van der Waals surface area contributed by atoms with Gasteiger partial charge in [-0.25, -0.2) is 4.57 Å². The number of alkyl halides is 1. The van der Waals surface area contributed by atoms with E-state index in [1.807, 2.05) is 21.1 Å². The minimum Gasteiger partial charge on any atom is -0.329 e. The van der Waals surface area contributed by atoms with Crippen LogP contribution in [0.15, 0.2) is 0 Å². The normalized spacial score (nSPS) is 15.4. The van der Waals surface area contributed by atoms with E-state index in [1.165, 1.54) is 70.6 Å². The van der Waals surface area contributed by atoms with Crippen molar-refractivity contribution in [3.8, 4) is 0 Å². The zero-order chi connectivity index (χ0) is 22.0. The lowest BCUT2D eigenvalue weighted by Crippen LogP contribution is -2.42. The number of likely N-dealkylation sites (N-methyl/N-ethyl adjacent to an activating group) is 1. The first kappa shape index (κ1) is 29.4. The number of hydrogen-bond donors (Lipinski definition) is 1. The Bertz CT molecular complexity index is 418. The molecule has 0 radical (unpaired) electrons. The Kier molecular flexibility index (Phi) is 18.2. The Balaban J connectivity index is 3.54. The number of rotatable bonds is 21. The maximum Gasteiger partial charge on any atom is 0.472 e. The second-order valence-electron chi connectivity index (χ2n) is 9.25. The molecule has 0 spiro atoms. The van der Waals surface area contributed by atoms with Crippen molar-refractivity contribution in [2.24, 2.45) is 0 Å². The summed E-state index contributed by atoms with van der Waals surface area (Å²) in [7, 11) is 1.93. The second-order valence-corrected chi connectivity index (χ2v) is 11.0. The fourth-order valence-electron chi connectivity index (χ4n) is 3.42. The number of halogens is 1. The highest BCUT2D eigenvalue weighted by Crippen LogP contribution is 2.45. The average Bonchev–Trinajstić information content (AvgIpc) is 2.63. The van der Waals surface area contributed by atoms with Crippen molar-refractivity contribution < 1.29 is 23.0 Å². The van der Waals surface area contributed by atoms with E-state index in [0.717, 1.165) is 19.3 Å². The maximum absolute atomic E-state index is 12.0. The quantitative estimate of drug-likeness (QED) is 0.0881. The van der Waals surface area contributed by atoms with Gasteiger partial charge < -0.3 is 9.38 Å². The van der Waals surface area contributed by atoms with Crippen LogP contribution in [-0.4, -0.2) is 55.7 Å². The molecular formula is C22H48ClNO4P+. The van der Waals surface area contributed by atoms with Crippen LogP contribution in [0, 0.1) is 0 Å². The summed E-state index contributed by atoms with van der Waals surface area (Å²) in [5, 5.41) is 0. The number of quaternary nitrogens is 1. The van der Waals surface area contributed by atoms with Gasteiger partial charge in [-0.1, -0.05) is 90.4 Å². The Labute approximate surface area is 185 Å². The SMILES string of the molecule is CCCCCCCCCCCCCCCCOP(=O)(O)OC(CCl)C[N+](C)(C)C. The molecule has 0 amide bonds. The van der Waals surface area contributed by atoms with E-state index < -0.39 is 13.9 Å². The lowest BCUT2D eigenvalue weighted by Gasteiger charge is -2.28. The van der Waals surface area contributed by atoms with Gasteiger partial charge in [0.2, 0.25) is 0 Å².